The second kappa shape index (κ2) is 15.5. The van der Waals surface area contributed by atoms with Crippen LogP contribution in [-0.4, -0.2) is 47.3 Å². The van der Waals surface area contributed by atoms with Gasteiger partial charge in [0.05, 0.1) is 31.9 Å². The van der Waals surface area contributed by atoms with Gasteiger partial charge in [-0.15, -0.1) is 10.2 Å². The highest BCUT2D eigenvalue weighted by atomic mass is 35.5. The van der Waals surface area contributed by atoms with E-state index in [-0.39, 0.29) is 16.5 Å². The molecule has 1 aliphatic heterocycles. The van der Waals surface area contributed by atoms with E-state index in [0.29, 0.717) is 56.7 Å². The Morgan fingerprint density at radius 3 is 2.43 bits per heavy atom. The molecule has 1 unspecified atom stereocenters. The number of benzene rings is 3. The van der Waals surface area contributed by atoms with Crippen LogP contribution in [0.5, 0.6) is 17.2 Å². The first-order chi connectivity index (χ1) is 22.3. The minimum atomic E-state index is -1.00. The minimum Gasteiger partial charge on any atom is -0.507 e. The Bertz CT molecular complexity index is 1710. The molecule has 0 spiro atoms. The zero-order valence-corrected chi connectivity index (χ0v) is 28.1. The van der Waals surface area contributed by atoms with E-state index in [1.807, 2.05) is 31.2 Å². The molecule has 240 valence electrons. The molecule has 12 heteroatoms. The fraction of sp³-hybridized carbons (Fsp3) is 0.294. The van der Waals surface area contributed by atoms with Crippen LogP contribution in [0.3, 0.4) is 0 Å². The van der Waals surface area contributed by atoms with Gasteiger partial charge in [0.25, 0.3) is 5.78 Å². The van der Waals surface area contributed by atoms with Crippen LogP contribution in [0.15, 0.2) is 76.6 Å². The molecule has 1 amide bonds. The molecule has 1 atom stereocenters. The first kappa shape index (κ1) is 33.3. The predicted octanol–water partition coefficient (Wildman–Crippen LogP) is 8.09. The van der Waals surface area contributed by atoms with Gasteiger partial charge in [0.2, 0.25) is 5.13 Å². The van der Waals surface area contributed by atoms with E-state index in [1.165, 1.54) is 35.1 Å². The van der Waals surface area contributed by atoms with Crippen LogP contribution in [0, 0.1) is 0 Å². The molecule has 1 fully saturated rings. The number of amides is 1. The average molecular weight is 680 g/mol. The highest BCUT2D eigenvalue weighted by Gasteiger charge is 2.48. The number of aromatic nitrogens is 2. The van der Waals surface area contributed by atoms with Crippen LogP contribution in [0.2, 0.25) is 5.02 Å². The average Bonchev–Trinajstić information content (AvgIpc) is 3.64. The third-order valence-corrected chi connectivity index (χ3v) is 9.65. The Hall–Kier alpha value is -4.06. The van der Waals surface area contributed by atoms with Gasteiger partial charge in [-0.1, -0.05) is 72.7 Å². The molecule has 0 bridgehead atoms. The van der Waals surface area contributed by atoms with Gasteiger partial charge < -0.3 is 19.3 Å². The Morgan fingerprint density at radius 2 is 1.74 bits per heavy atom. The second-order valence-electron chi connectivity index (χ2n) is 10.4. The van der Waals surface area contributed by atoms with Gasteiger partial charge in [0.1, 0.15) is 11.5 Å². The molecule has 0 radical (unpaired) electrons. The first-order valence-corrected chi connectivity index (χ1v) is 17.1. The number of thioether (sulfide) groups is 1. The molecule has 3 aromatic carbocycles. The summed E-state index contributed by atoms with van der Waals surface area (Å²) in [5.74, 6) is 0.275. The van der Waals surface area contributed by atoms with E-state index in [9.17, 15) is 14.7 Å². The molecule has 1 N–H and O–H groups in total. The van der Waals surface area contributed by atoms with Crippen LogP contribution in [0.25, 0.3) is 5.76 Å². The number of methoxy groups -OCH3 is 1. The van der Waals surface area contributed by atoms with Crippen molar-refractivity contribution in [3.8, 4) is 17.2 Å². The monoisotopic (exact) mass is 679 g/mol. The molecule has 0 saturated carbocycles. The van der Waals surface area contributed by atoms with Crippen molar-refractivity contribution in [2.24, 2.45) is 0 Å². The number of nitrogens with zero attached hydrogens (tertiary/aromatic N) is 3. The molecule has 2 heterocycles. The van der Waals surface area contributed by atoms with Crippen molar-refractivity contribution in [1.29, 1.82) is 0 Å². The van der Waals surface area contributed by atoms with Crippen LogP contribution < -0.4 is 19.1 Å². The maximum absolute atomic E-state index is 13.7. The Kier molecular flexibility index (Phi) is 11.2. The van der Waals surface area contributed by atoms with Crippen molar-refractivity contribution < 1.29 is 28.9 Å². The van der Waals surface area contributed by atoms with Crippen molar-refractivity contribution in [2.45, 2.75) is 49.2 Å². The maximum atomic E-state index is 13.7. The molecular weight excluding hydrogens is 646 g/mol. The van der Waals surface area contributed by atoms with Gasteiger partial charge in [-0.05, 0) is 73.0 Å². The Balaban J connectivity index is 1.54. The summed E-state index contributed by atoms with van der Waals surface area (Å²) >= 11 is 8.67. The number of carbonyl (C=O) groups excluding carboxylic acids is 2. The van der Waals surface area contributed by atoms with Gasteiger partial charge in [-0.2, -0.15) is 0 Å². The lowest BCUT2D eigenvalue weighted by molar-refractivity contribution is -0.132. The molecule has 1 aromatic heterocycles. The lowest BCUT2D eigenvalue weighted by Gasteiger charge is -2.23. The summed E-state index contributed by atoms with van der Waals surface area (Å²) in [6, 6.07) is 18.4. The van der Waals surface area contributed by atoms with Crippen molar-refractivity contribution in [2.75, 3.05) is 25.2 Å². The molecule has 46 heavy (non-hydrogen) atoms. The van der Waals surface area contributed by atoms with Crippen LogP contribution in [0.1, 0.15) is 55.8 Å². The normalized spacial score (nSPS) is 15.7. The van der Waals surface area contributed by atoms with Gasteiger partial charge in [-0.3, -0.25) is 14.5 Å². The quantitative estimate of drug-likeness (QED) is 0.0353. The summed E-state index contributed by atoms with van der Waals surface area (Å²) in [4.78, 5) is 28.7. The summed E-state index contributed by atoms with van der Waals surface area (Å²) in [7, 11) is 1.54. The van der Waals surface area contributed by atoms with E-state index in [2.05, 4.69) is 17.1 Å². The lowest BCUT2D eigenvalue weighted by atomic mass is 9.95. The highest BCUT2D eigenvalue weighted by molar-refractivity contribution is 8.00. The van der Waals surface area contributed by atoms with Gasteiger partial charge in [-0.25, -0.2) is 0 Å². The third-order valence-electron chi connectivity index (χ3n) is 7.27. The van der Waals surface area contributed by atoms with Crippen LogP contribution in [-0.2, 0) is 15.3 Å². The molecule has 1 saturated heterocycles. The number of carbonyl (C=O) groups is 2. The number of rotatable bonds is 14. The molecule has 0 aliphatic carbocycles. The number of aliphatic hydroxyl groups is 1. The van der Waals surface area contributed by atoms with Gasteiger partial charge in [0, 0.05) is 16.3 Å². The number of ether oxygens (including phenoxy) is 3. The number of halogens is 1. The van der Waals surface area contributed by atoms with Crippen molar-refractivity contribution in [3.63, 3.8) is 0 Å². The third kappa shape index (κ3) is 7.49. The molecule has 5 rings (SSSR count). The minimum absolute atomic E-state index is 0.0696. The second-order valence-corrected chi connectivity index (χ2v) is 13.0. The number of unbranched alkanes of at least 4 members (excludes halogenated alkanes) is 2. The summed E-state index contributed by atoms with van der Waals surface area (Å²) in [5.41, 5.74) is 1.89. The van der Waals surface area contributed by atoms with E-state index in [1.54, 1.807) is 42.5 Å². The lowest BCUT2D eigenvalue weighted by Crippen LogP contribution is -2.29. The molecule has 4 aromatic rings. The fourth-order valence-corrected chi connectivity index (χ4v) is 6.90. The summed E-state index contributed by atoms with van der Waals surface area (Å²) in [5, 5.41) is 21.0. The van der Waals surface area contributed by atoms with Crippen molar-refractivity contribution in [1.82, 2.24) is 10.2 Å². The van der Waals surface area contributed by atoms with Gasteiger partial charge in [0.15, 0.2) is 15.8 Å². The molecule has 1 aliphatic rings. The number of ketones is 1. The SMILES string of the molecule is CCCCCOc1ccc(C2C(=C(O)c3ccc(OC)cc3)C(=O)C(=O)N2c2nnc(SCc3ccc(Cl)cc3)s2)cc1OCC. The van der Waals surface area contributed by atoms with Crippen molar-refractivity contribution in [3.05, 3.63) is 94.0 Å². The number of Topliss-reactive ketones (excluding diaryl/α,β-unsaturated/α-hetero) is 1. The number of anilines is 1. The number of hydrogen-bond acceptors (Lipinski definition) is 10. The number of aliphatic hydroxyl groups excluding tert-OH is 1. The first-order valence-electron chi connectivity index (χ1n) is 14.9. The van der Waals surface area contributed by atoms with Gasteiger partial charge >= 0.3 is 5.91 Å². The smallest absolute Gasteiger partial charge is 0.301 e. The number of hydrogen-bond donors (Lipinski definition) is 1. The summed E-state index contributed by atoms with van der Waals surface area (Å²) < 4.78 is 17.8. The predicted molar refractivity (Wildman–Crippen MR) is 181 cm³/mol. The van der Waals surface area contributed by atoms with E-state index in [0.717, 1.165) is 24.8 Å². The molecular formula is C34H34ClN3O6S2. The highest BCUT2D eigenvalue weighted by Crippen LogP contribution is 2.46. The van der Waals surface area contributed by atoms with Crippen LogP contribution >= 0.6 is 34.7 Å². The van der Waals surface area contributed by atoms with E-state index in [4.69, 9.17) is 25.8 Å². The van der Waals surface area contributed by atoms with Crippen LogP contribution in [0.4, 0.5) is 5.13 Å². The van der Waals surface area contributed by atoms with Crippen molar-refractivity contribution >= 4 is 57.3 Å². The molecule has 9 nitrogen and oxygen atoms in total. The maximum Gasteiger partial charge on any atom is 0.301 e. The van der Waals surface area contributed by atoms with E-state index < -0.39 is 17.7 Å². The zero-order valence-electron chi connectivity index (χ0n) is 25.7. The summed E-state index contributed by atoms with van der Waals surface area (Å²) in [6.45, 7) is 4.91. The standard InChI is InChI=1S/C34H34ClN3O6S2/c1-4-6-7-18-44-26-17-12-23(19-27(26)43-5-2)29-28(30(39)22-10-15-25(42-3)16-11-22)31(40)32(41)38(29)33-36-37-34(46-33)45-20-21-8-13-24(35)14-9-21/h8-17,19,29,39H,4-7,18,20H2,1-3H3. The zero-order chi connectivity index (χ0) is 32.6. The Morgan fingerprint density at radius 1 is 0.978 bits per heavy atom. The topological polar surface area (TPSA) is 111 Å². The fourth-order valence-electron chi connectivity index (χ4n) is 4.95. The largest absolute Gasteiger partial charge is 0.507 e. The Labute approximate surface area is 281 Å². The summed E-state index contributed by atoms with van der Waals surface area (Å²) in [6.07, 6.45) is 3.02. The van der Waals surface area contributed by atoms with E-state index >= 15 is 0 Å².